The summed E-state index contributed by atoms with van der Waals surface area (Å²) in [6.07, 6.45) is 3.09. The number of amides is 1. The van der Waals surface area contributed by atoms with Crippen LogP contribution in [0.5, 0.6) is 0 Å². The van der Waals surface area contributed by atoms with Gasteiger partial charge in [0, 0.05) is 23.7 Å². The number of nitrogens with one attached hydrogen (secondary N) is 1. The van der Waals surface area contributed by atoms with Crippen molar-refractivity contribution in [3.8, 4) is 0 Å². The standard InChI is InChI=1S/C18H22N2O3S2/c1-14-7-3-4-8-16(14)19-17(21)13-15-9-10-18(24-15)25(22,23)20-11-5-2-6-12-20/h3-4,7-10H,2,5-6,11-13H2,1H3,(H,19,21). The van der Waals surface area contributed by atoms with Crippen LogP contribution in [0.25, 0.3) is 0 Å². The molecule has 2 heterocycles. The topological polar surface area (TPSA) is 66.5 Å². The number of sulfonamides is 1. The van der Waals surface area contributed by atoms with Gasteiger partial charge in [0.05, 0.1) is 6.42 Å². The summed E-state index contributed by atoms with van der Waals surface area (Å²) in [4.78, 5) is 13.0. The first-order valence-corrected chi connectivity index (χ1v) is 10.7. The highest BCUT2D eigenvalue weighted by Gasteiger charge is 2.27. The van der Waals surface area contributed by atoms with Crippen molar-refractivity contribution in [1.82, 2.24) is 4.31 Å². The molecule has 1 fully saturated rings. The molecule has 1 aliphatic heterocycles. The van der Waals surface area contributed by atoms with Crippen LogP contribution in [-0.2, 0) is 21.2 Å². The summed E-state index contributed by atoms with van der Waals surface area (Å²) < 4.78 is 27.2. The number of rotatable bonds is 5. The summed E-state index contributed by atoms with van der Waals surface area (Å²) in [5.74, 6) is -0.141. The fourth-order valence-corrected chi connectivity index (χ4v) is 5.92. The zero-order valence-corrected chi connectivity index (χ0v) is 15.8. The summed E-state index contributed by atoms with van der Waals surface area (Å²) >= 11 is 1.19. The molecule has 1 saturated heterocycles. The Morgan fingerprint density at radius 2 is 1.84 bits per heavy atom. The zero-order valence-electron chi connectivity index (χ0n) is 14.2. The normalized spacial score (nSPS) is 15.9. The van der Waals surface area contributed by atoms with E-state index in [1.165, 1.54) is 11.3 Å². The van der Waals surface area contributed by atoms with Gasteiger partial charge in [0.15, 0.2) is 0 Å². The number of anilines is 1. The Hall–Kier alpha value is -1.70. The van der Waals surface area contributed by atoms with E-state index in [1.54, 1.807) is 16.4 Å². The molecule has 0 unspecified atom stereocenters. The molecule has 0 radical (unpaired) electrons. The first kappa shape index (κ1) is 18.1. The SMILES string of the molecule is Cc1ccccc1NC(=O)Cc1ccc(S(=O)(=O)N2CCCCC2)s1. The van der Waals surface area contributed by atoms with Crippen LogP contribution >= 0.6 is 11.3 Å². The molecule has 2 aromatic rings. The average molecular weight is 379 g/mol. The van der Waals surface area contributed by atoms with Gasteiger partial charge in [-0.25, -0.2) is 8.42 Å². The largest absolute Gasteiger partial charge is 0.326 e. The Kier molecular flexibility index (Phi) is 5.56. The molecule has 1 amide bonds. The predicted molar refractivity (Wildman–Crippen MR) is 100 cm³/mol. The van der Waals surface area contributed by atoms with Crippen LogP contribution in [0.15, 0.2) is 40.6 Å². The number of hydrogen-bond acceptors (Lipinski definition) is 4. The molecular weight excluding hydrogens is 356 g/mol. The van der Waals surface area contributed by atoms with Crippen LogP contribution in [0, 0.1) is 6.92 Å². The molecule has 1 aromatic heterocycles. The van der Waals surface area contributed by atoms with Gasteiger partial charge in [-0.2, -0.15) is 4.31 Å². The number of hydrogen-bond donors (Lipinski definition) is 1. The van der Waals surface area contributed by atoms with Gasteiger partial charge in [-0.3, -0.25) is 4.79 Å². The maximum Gasteiger partial charge on any atom is 0.252 e. The van der Waals surface area contributed by atoms with Gasteiger partial charge in [-0.15, -0.1) is 11.3 Å². The number of piperidine rings is 1. The minimum absolute atomic E-state index is 0.141. The molecule has 3 rings (SSSR count). The van der Waals surface area contributed by atoms with Crippen molar-refractivity contribution in [2.24, 2.45) is 0 Å². The molecule has 1 aromatic carbocycles. The lowest BCUT2D eigenvalue weighted by Crippen LogP contribution is -2.35. The van der Waals surface area contributed by atoms with Crippen molar-refractivity contribution in [1.29, 1.82) is 0 Å². The number of carbonyl (C=O) groups is 1. The van der Waals surface area contributed by atoms with E-state index in [0.29, 0.717) is 17.3 Å². The van der Waals surface area contributed by atoms with Gasteiger partial charge in [-0.05, 0) is 43.5 Å². The van der Waals surface area contributed by atoms with Crippen LogP contribution in [0.1, 0.15) is 29.7 Å². The Labute approximate surface area is 152 Å². The molecule has 134 valence electrons. The second-order valence-corrected chi connectivity index (χ2v) is 9.56. The van der Waals surface area contributed by atoms with Crippen molar-refractivity contribution in [3.05, 3.63) is 46.8 Å². The molecule has 0 bridgehead atoms. The van der Waals surface area contributed by atoms with Crippen molar-refractivity contribution >= 4 is 33.0 Å². The molecule has 0 saturated carbocycles. The van der Waals surface area contributed by atoms with Crippen molar-refractivity contribution < 1.29 is 13.2 Å². The molecule has 25 heavy (non-hydrogen) atoms. The number of nitrogens with zero attached hydrogens (tertiary/aromatic N) is 1. The zero-order chi connectivity index (χ0) is 17.9. The fourth-order valence-electron chi connectivity index (χ4n) is 2.89. The van der Waals surface area contributed by atoms with Gasteiger partial charge in [0.2, 0.25) is 5.91 Å². The second-order valence-electron chi connectivity index (χ2n) is 6.23. The molecule has 5 nitrogen and oxygen atoms in total. The van der Waals surface area contributed by atoms with Gasteiger partial charge in [-0.1, -0.05) is 24.6 Å². The quantitative estimate of drug-likeness (QED) is 0.867. The molecular formula is C18H22N2O3S2. The Morgan fingerprint density at radius 3 is 2.56 bits per heavy atom. The molecule has 0 atom stereocenters. The molecule has 0 spiro atoms. The van der Waals surface area contributed by atoms with Crippen molar-refractivity contribution in [2.75, 3.05) is 18.4 Å². The van der Waals surface area contributed by atoms with E-state index < -0.39 is 10.0 Å². The predicted octanol–water partition coefficient (Wildman–Crippen LogP) is 3.41. The first-order chi connectivity index (χ1) is 12.0. The Bertz CT molecular complexity index is 853. The minimum Gasteiger partial charge on any atom is -0.326 e. The third-order valence-corrected chi connectivity index (χ3v) is 7.75. The van der Waals surface area contributed by atoms with Crippen LogP contribution in [0.3, 0.4) is 0 Å². The minimum atomic E-state index is -3.42. The summed E-state index contributed by atoms with van der Waals surface area (Å²) in [7, 11) is -3.42. The van der Waals surface area contributed by atoms with Crippen LogP contribution in [0.2, 0.25) is 0 Å². The molecule has 0 aliphatic carbocycles. The summed E-state index contributed by atoms with van der Waals surface area (Å²) in [5.41, 5.74) is 1.78. The Balaban J connectivity index is 1.67. The number of carbonyl (C=O) groups excluding carboxylic acids is 1. The van der Waals surface area contributed by atoms with E-state index in [-0.39, 0.29) is 12.3 Å². The van der Waals surface area contributed by atoms with E-state index in [9.17, 15) is 13.2 Å². The monoisotopic (exact) mass is 378 g/mol. The van der Waals surface area contributed by atoms with E-state index in [2.05, 4.69) is 5.32 Å². The lowest BCUT2D eigenvalue weighted by Gasteiger charge is -2.25. The van der Waals surface area contributed by atoms with Gasteiger partial charge in [0.25, 0.3) is 10.0 Å². The maximum atomic E-state index is 12.7. The van der Waals surface area contributed by atoms with Crippen molar-refractivity contribution in [3.63, 3.8) is 0 Å². The summed E-state index contributed by atoms with van der Waals surface area (Å²) in [6, 6.07) is 10.9. The molecule has 1 aliphatic rings. The van der Waals surface area contributed by atoms with Gasteiger partial charge in [0.1, 0.15) is 4.21 Å². The summed E-state index contributed by atoms with van der Waals surface area (Å²) in [6.45, 7) is 3.11. The second kappa shape index (κ2) is 7.68. The smallest absolute Gasteiger partial charge is 0.252 e. The van der Waals surface area contributed by atoms with E-state index in [4.69, 9.17) is 0 Å². The number of para-hydroxylation sites is 1. The number of aryl methyl sites for hydroxylation is 1. The lowest BCUT2D eigenvalue weighted by atomic mass is 10.2. The number of benzene rings is 1. The van der Waals surface area contributed by atoms with E-state index in [1.807, 2.05) is 31.2 Å². The highest BCUT2D eigenvalue weighted by Crippen LogP contribution is 2.27. The lowest BCUT2D eigenvalue weighted by molar-refractivity contribution is -0.115. The van der Waals surface area contributed by atoms with Crippen LogP contribution in [-0.4, -0.2) is 31.7 Å². The van der Waals surface area contributed by atoms with E-state index in [0.717, 1.165) is 35.4 Å². The van der Waals surface area contributed by atoms with Gasteiger partial charge < -0.3 is 5.32 Å². The van der Waals surface area contributed by atoms with Crippen molar-refractivity contribution in [2.45, 2.75) is 36.8 Å². The highest BCUT2D eigenvalue weighted by atomic mass is 32.2. The van der Waals surface area contributed by atoms with E-state index >= 15 is 0 Å². The third-order valence-electron chi connectivity index (χ3n) is 4.30. The highest BCUT2D eigenvalue weighted by molar-refractivity contribution is 7.91. The fraction of sp³-hybridized carbons (Fsp3) is 0.389. The summed E-state index contributed by atoms with van der Waals surface area (Å²) in [5, 5.41) is 2.88. The van der Waals surface area contributed by atoms with Crippen LogP contribution in [0.4, 0.5) is 5.69 Å². The first-order valence-electron chi connectivity index (χ1n) is 8.41. The molecule has 1 N–H and O–H groups in total. The molecule has 7 heteroatoms. The average Bonchev–Trinajstić information content (AvgIpc) is 3.07. The van der Waals surface area contributed by atoms with Gasteiger partial charge >= 0.3 is 0 Å². The third kappa shape index (κ3) is 4.29. The van der Waals surface area contributed by atoms with Crippen LogP contribution < -0.4 is 5.32 Å². The maximum absolute atomic E-state index is 12.7. The number of thiophene rings is 1. The Morgan fingerprint density at radius 1 is 1.12 bits per heavy atom.